The van der Waals surface area contributed by atoms with Crippen LogP contribution in [0.1, 0.15) is 16.9 Å². The molecule has 0 saturated carbocycles. The number of carbonyl (C=O) groups excluding carboxylic acids is 1. The zero-order valence-electron chi connectivity index (χ0n) is 15.0. The molecular formula is C21H19Br2NO3. The van der Waals surface area contributed by atoms with Gasteiger partial charge in [0.25, 0.3) is 5.91 Å². The summed E-state index contributed by atoms with van der Waals surface area (Å²) in [4.78, 5) is 12.1. The second-order valence-electron chi connectivity index (χ2n) is 6.23. The van der Waals surface area contributed by atoms with Crippen LogP contribution >= 0.6 is 31.9 Å². The molecule has 0 aliphatic rings. The summed E-state index contributed by atoms with van der Waals surface area (Å²) < 4.78 is 13.3. The summed E-state index contributed by atoms with van der Waals surface area (Å²) in [5.74, 6) is 1.94. The largest absolute Gasteiger partial charge is 0.482 e. The predicted octanol–water partition coefficient (Wildman–Crippen LogP) is 5.78. The van der Waals surface area contributed by atoms with Gasteiger partial charge in [0.05, 0.1) is 11.0 Å². The Kier molecular flexibility index (Phi) is 6.39. The van der Waals surface area contributed by atoms with Crippen LogP contribution < -0.4 is 10.1 Å². The van der Waals surface area contributed by atoms with Crippen molar-refractivity contribution in [3.05, 3.63) is 74.4 Å². The number of furan rings is 1. The van der Waals surface area contributed by atoms with E-state index in [0.29, 0.717) is 18.1 Å². The smallest absolute Gasteiger partial charge is 0.258 e. The second-order valence-corrected chi connectivity index (χ2v) is 8.00. The molecule has 6 heteroatoms. The first-order valence-corrected chi connectivity index (χ1v) is 10.0. The van der Waals surface area contributed by atoms with Gasteiger partial charge in [0.15, 0.2) is 6.61 Å². The lowest BCUT2D eigenvalue weighted by molar-refractivity contribution is -0.123. The summed E-state index contributed by atoms with van der Waals surface area (Å²) in [5, 5.41) is 2.81. The number of hydrogen-bond donors (Lipinski definition) is 1. The predicted molar refractivity (Wildman–Crippen MR) is 113 cm³/mol. The Hall–Kier alpha value is -2.05. The third kappa shape index (κ3) is 5.23. The first-order valence-electron chi connectivity index (χ1n) is 8.43. The third-order valence-electron chi connectivity index (χ3n) is 3.97. The second kappa shape index (κ2) is 8.76. The Morgan fingerprint density at radius 2 is 1.81 bits per heavy atom. The maximum Gasteiger partial charge on any atom is 0.258 e. The molecule has 140 valence electrons. The van der Waals surface area contributed by atoms with E-state index in [9.17, 15) is 4.79 Å². The van der Waals surface area contributed by atoms with Gasteiger partial charge in [-0.3, -0.25) is 4.79 Å². The van der Waals surface area contributed by atoms with Crippen LogP contribution in [0.15, 0.2) is 61.9 Å². The van der Waals surface area contributed by atoms with Crippen molar-refractivity contribution in [1.29, 1.82) is 0 Å². The quantitative estimate of drug-likeness (QED) is 0.474. The van der Waals surface area contributed by atoms with Crippen molar-refractivity contribution in [3.63, 3.8) is 0 Å². The molecule has 1 N–H and O–H groups in total. The summed E-state index contributed by atoms with van der Waals surface area (Å²) in [5.41, 5.74) is 3.11. The van der Waals surface area contributed by atoms with Gasteiger partial charge < -0.3 is 14.5 Å². The molecule has 2 aromatic carbocycles. The fraction of sp³-hybridized carbons (Fsp3) is 0.190. The van der Waals surface area contributed by atoms with Crippen LogP contribution in [-0.4, -0.2) is 12.5 Å². The van der Waals surface area contributed by atoms with Crippen molar-refractivity contribution < 1.29 is 13.9 Å². The molecule has 27 heavy (non-hydrogen) atoms. The fourth-order valence-corrected chi connectivity index (χ4v) is 3.75. The van der Waals surface area contributed by atoms with Crippen molar-refractivity contribution >= 4 is 37.8 Å². The van der Waals surface area contributed by atoms with Crippen molar-refractivity contribution in [2.24, 2.45) is 0 Å². The molecule has 0 atom stereocenters. The number of hydrogen-bond acceptors (Lipinski definition) is 3. The van der Waals surface area contributed by atoms with Crippen molar-refractivity contribution in [3.8, 4) is 17.1 Å². The van der Waals surface area contributed by atoms with Crippen LogP contribution in [0.25, 0.3) is 11.3 Å². The summed E-state index contributed by atoms with van der Waals surface area (Å²) >= 11 is 6.89. The molecule has 1 amide bonds. The van der Waals surface area contributed by atoms with E-state index in [1.807, 2.05) is 62.4 Å². The molecule has 3 rings (SSSR count). The van der Waals surface area contributed by atoms with E-state index in [0.717, 1.165) is 31.4 Å². The molecule has 0 unspecified atom stereocenters. The number of rotatable bonds is 6. The summed E-state index contributed by atoms with van der Waals surface area (Å²) in [6.07, 6.45) is 0. The Bertz CT molecular complexity index is 925. The van der Waals surface area contributed by atoms with Crippen LogP contribution in [-0.2, 0) is 11.3 Å². The Morgan fingerprint density at radius 1 is 1.07 bits per heavy atom. The normalized spacial score (nSPS) is 10.7. The fourth-order valence-electron chi connectivity index (χ4n) is 2.70. The van der Waals surface area contributed by atoms with E-state index < -0.39 is 0 Å². The topological polar surface area (TPSA) is 51.5 Å². The number of ether oxygens (including phenoxy) is 1. The zero-order chi connectivity index (χ0) is 19.4. The highest BCUT2D eigenvalue weighted by Crippen LogP contribution is 2.30. The van der Waals surface area contributed by atoms with Crippen LogP contribution in [0, 0.1) is 13.8 Å². The number of carbonyl (C=O) groups is 1. The minimum Gasteiger partial charge on any atom is -0.482 e. The SMILES string of the molecule is Cc1cc(C)c(OCC(=O)NCc2ccc(-c3ccc(Br)cc3)o2)c(Br)c1. The Labute approximate surface area is 175 Å². The van der Waals surface area contributed by atoms with Gasteiger partial charge >= 0.3 is 0 Å². The average molecular weight is 493 g/mol. The molecule has 3 aromatic rings. The molecular weight excluding hydrogens is 474 g/mol. The van der Waals surface area contributed by atoms with Gasteiger partial charge in [-0.05, 0) is 71.2 Å². The molecule has 1 aromatic heterocycles. The van der Waals surface area contributed by atoms with E-state index in [2.05, 4.69) is 37.2 Å². The number of aryl methyl sites for hydroxylation is 2. The number of amides is 1. The summed E-state index contributed by atoms with van der Waals surface area (Å²) in [7, 11) is 0. The molecule has 0 fully saturated rings. The van der Waals surface area contributed by atoms with Gasteiger partial charge in [-0.2, -0.15) is 0 Å². The molecule has 0 saturated heterocycles. The molecule has 1 heterocycles. The molecule has 0 aliphatic heterocycles. The minimum atomic E-state index is -0.205. The average Bonchev–Trinajstić information content (AvgIpc) is 3.08. The van der Waals surface area contributed by atoms with Crippen LogP contribution in [0.5, 0.6) is 5.75 Å². The highest BCUT2D eigenvalue weighted by molar-refractivity contribution is 9.10. The van der Waals surface area contributed by atoms with Gasteiger partial charge in [-0.1, -0.05) is 34.1 Å². The molecule has 0 radical (unpaired) electrons. The molecule has 0 aliphatic carbocycles. The maximum atomic E-state index is 12.1. The van der Waals surface area contributed by atoms with Crippen LogP contribution in [0.3, 0.4) is 0 Å². The first-order chi connectivity index (χ1) is 12.9. The van der Waals surface area contributed by atoms with Gasteiger partial charge in [0.2, 0.25) is 0 Å². The van der Waals surface area contributed by atoms with Crippen molar-refractivity contribution in [2.45, 2.75) is 20.4 Å². The minimum absolute atomic E-state index is 0.0528. The number of nitrogens with one attached hydrogen (secondary N) is 1. The van der Waals surface area contributed by atoms with Crippen LogP contribution in [0.4, 0.5) is 0 Å². The van der Waals surface area contributed by atoms with Gasteiger partial charge in [0.1, 0.15) is 17.3 Å². The molecule has 0 bridgehead atoms. The zero-order valence-corrected chi connectivity index (χ0v) is 18.2. The number of halogens is 2. The lowest BCUT2D eigenvalue weighted by atomic mass is 10.1. The van der Waals surface area contributed by atoms with Gasteiger partial charge in [0, 0.05) is 10.0 Å². The van der Waals surface area contributed by atoms with E-state index in [4.69, 9.17) is 9.15 Å². The molecule has 0 spiro atoms. The van der Waals surface area contributed by atoms with E-state index >= 15 is 0 Å². The Balaban J connectivity index is 1.53. The number of benzene rings is 2. The Morgan fingerprint density at radius 3 is 2.52 bits per heavy atom. The van der Waals surface area contributed by atoms with Crippen molar-refractivity contribution in [1.82, 2.24) is 5.32 Å². The highest BCUT2D eigenvalue weighted by Gasteiger charge is 2.10. The first kappa shape index (κ1) is 19.7. The van der Waals surface area contributed by atoms with Crippen molar-refractivity contribution in [2.75, 3.05) is 6.61 Å². The van der Waals surface area contributed by atoms with E-state index in [1.54, 1.807) is 0 Å². The standard InChI is InChI=1S/C21H19Br2NO3/c1-13-9-14(2)21(18(23)10-13)26-12-20(25)24-11-17-7-8-19(27-17)15-3-5-16(22)6-4-15/h3-10H,11-12H2,1-2H3,(H,24,25). The van der Waals surface area contributed by atoms with E-state index in [-0.39, 0.29) is 12.5 Å². The van der Waals surface area contributed by atoms with Crippen LogP contribution in [0.2, 0.25) is 0 Å². The maximum absolute atomic E-state index is 12.1. The monoisotopic (exact) mass is 491 g/mol. The van der Waals surface area contributed by atoms with E-state index in [1.165, 1.54) is 0 Å². The molecule has 4 nitrogen and oxygen atoms in total. The summed E-state index contributed by atoms with van der Waals surface area (Å²) in [6, 6.07) is 15.6. The highest BCUT2D eigenvalue weighted by atomic mass is 79.9. The third-order valence-corrected chi connectivity index (χ3v) is 5.09. The van der Waals surface area contributed by atoms with Gasteiger partial charge in [-0.15, -0.1) is 0 Å². The van der Waals surface area contributed by atoms with Gasteiger partial charge in [-0.25, -0.2) is 0 Å². The summed E-state index contributed by atoms with van der Waals surface area (Å²) in [6.45, 7) is 4.23. The lowest BCUT2D eigenvalue weighted by Gasteiger charge is -2.12. The lowest BCUT2D eigenvalue weighted by Crippen LogP contribution is -2.28.